The lowest BCUT2D eigenvalue weighted by Gasteiger charge is -2.03. The van der Waals surface area contributed by atoms with Crippen molar-refractivity contribution in [1.82, 2.24) is 15.0 Å². The lowest BCUT2D eigenvalue weighted by atomic mass is 10.1. The van der Waals surface area contributed by atoms with E-state index >= 15 is 0 Å². The largest absolute Gasteiger partial charge is 0.454 e. The summed E-state index contributed by atoms with van der Waals surface area (Å²) in [6, 6.07) is 5.46. The maximum absolute atomic E-state index is 10.9. The number of benzene rings is 1. The van der Waals surface area contributed by atoms with Crippen molar-refractivity contribution in [3.05, 3.63) is 23.9 Å². The second-order valence-electron chi connectivity index (χ2n) is 3.63. The first-order chi connectivity index (χ1) is 8.29. The summed E-state index contributed by atoms with van der Waals surface area (Å²) in [6.07, 6.45) is 0.687. The van der Waals surface area contributed by atoms with Gasteiger partial charge in [0, 0.05) is 12.6 Å². The third-order valence-corrected chi connectivity index (χ3v) is 2.61. The number of aldehydes is 1. The molecule has 1 aromatic carbocycles. The number of rotatable bonds is 2. The van der Waals surface area contributed by atoms with Crippen molar-refractivity contribution >= 4 is 6.29 Å². The summed E-state index contributed by atoms with van der Waals surface area (Å²) < 4.78 is 12.1. The van der Waals surface area contributed by atoms with Gasteiger partial charge in [0.2, 0.25) is 6.79 Å². The zero-order chi connectivity index (χ0) is 11.8. The molecule has 0 fully saturated rings. The topological polar surface area (TPSA) is 66.2 Å². The highest BCUT2D eigenvalue weighted by Gasteiger charge is 2.17. The fourth-order valence-corrected chi connectivity index (χ4v) is 1.83. The predicted octanol–water partition coefficient (Wildman–Crippen LogP) is 1.02. The van der Waals surface area contributed by atoms with Crippen LogP contribution >= 0.6 is 0 Å². The van der Waals surface area contributed by atoms with Crippen molar-refractivity contribution < 1.29 is 14.3 Å². The van der Waals surface area contributed by atoms with Crippen LogP contribution in [0.15, 0.2) is 18.2 Å². The summed E-state index contributed by atoms with van der Waals surface area (Å²) >= 11 is 0. The molecule has 0 spiro atoms. The summed E-state index contributed by atoms with van der Waals surface area (Å²) in [6.45, 7) is 0.225. The van der Waals surface area contributed by atoms with Gasteiger partial charge in [0.1, 0.15) is 0 Å². The van der Waals surface area contributed by atoms with Gasteiger partial charge in [-0.3, -0.25) is 4.79 Å². The first-order valence-corrected chi connectivity index (χ1v) is 5.04. The number of carbonyl (C=O) groups is 1. The van der Waals surface area contributed by atoms with E-state index in [-0.39, 0.29) is 6.79 Å². The van der Waals surface area contributed by atoms with E-state index in [1.807, 2.05) is 12.1 Å². The third-order valence-electron chi connectivity index (χ3n) is 2.61. The summed E-state index contributed by atoms with van der Waals surface area (Å²) in [7, 11) is 1.74. The summed E-state index contributed by atoms with van der Waals surface area (Å²) in [5, 5.41) is 7.60. The van der Waals surface area contributed by atoms with Crippen LogP contribution in [0.4, 0.5) is 0 Å². The molecule has 0 radical (unpaired) electrons. The van der Waals surface area contributed by atoms with Crippen LogP contribution in [-0.4, -0.2) is 28.1 Å². The smallest absolute Gasteiger partial charge is 0.231 e. The van der Waals surface area contributed by atoms with E-state index in [4.69, 9.17) is 9.47 Å². The number of ether oxygens (including phenoxy) is 2. The number of hydrogen-bond acceptors (Lipinski definition) is 5. The first-order valence-electron chi connectivity index (χ1n) is 5.04. The number of hydrogen-bond donors (Lipinski definition) is 0. The minimum atomic E-state index is 0.225. The predicted molar refractivity (Wildman–Crippen MR) is 57.9 cm³/mol. The van der Waals surface area contributed by atoms with Crippen LogP contribution < -0.4 is 9.47 Å². The molecule has 0 saturated carbocycles. The second-order valence-corrected chi connectivity index (χ2v) is 3.63. The Morgan fingerprint density at radius 1 is 1.35 bits per heavy atom. The van der Waals surface area contributed by atoms with Gasteiger partial charge in [-0.25, -0.2) is 4.68 Å². The number of nitrogens with zero attached hydrogens (tertiary/aromatic N) is 3. The van der Waals surface area contributed by atoms with Gasteiger partial charge in [0.15, 0.2) is 23.5 Å². The average Bonchev–Trinajstić information content (AvgIpc) is 2.93. The molecule has 2 heterocycles. The Balaban J connectivity index is 2.15. The molecule has 1 aromatic heterocycles. The molecule has 2 aromatic rings. The lowest BCUT2D eigenvalue weighted by molar-refractivity contribution is 0.111. The molecule has 0 unspecified atom stereocenters. The minimum Gasteiger partial charge on any atom is -0.454 e. The minimum absolute atomic E-state index is 0.225. The van der Waals surface area contributed by atoms with Crippen LogP contribution in [0.25, 0.3) is 11.3 Å². The molecule has 0 amide bonds. The summed E-state index contributed by atoms with van der Waals surface area (Å²) in [4.78, 5) is 10.9. The zero-order valence-electron chi connectivity index (χ0n) is 9.08. The number of aromatic nitrogens is 3. The molecular weight excluding hydrogens is 222 g/mol. The third kappa shape index (κ3) is 1.45. The van der Waals surface area contributed by atoms with E-state index in [9.17, 15) is 4.79 Å². The van der Waals surface area contributed by atoms with Crippen LogP contribution in [-0.2, 0) is 7.05 Å². The molecule has 0 saturated heterocycles. The maximum Gasteiger partial charge on any atom is 0.231 e. The molecule has 17 heavy (non-hydrogen) atoms. The molecule has 1 aliphatic heterocycles. The normalized spacial score (nSPS) is 12.8. The molecule has 6 heteroatoms. The first kappa shape index (κ1) is 9.83. The lowest BCUT2D eigenvalue weighted by Crippen LogP contribution is -1.95. The average molecular weight is 231 g/mol. The van der Waals surface area contributed by atoms with Crippen molar-refractivity contribution in [3.8, 4) is 22.8 Å². The van der Waals surface area contributed by atoms with E-state index in [1.54, 1.807) is 17.8 Å². The van der Waals surface area contributed by atoms with Gasteiger partial charge < -0.3 is 9.47 Å². The quantitative estimate of drug-likeness (QED) is 0.722. The van der Waals surface area contributed by atoms with E-state index in [1.165, 1.54) is 0 Å². The van der Waals surface area contributed by atoms with Gasteiger partial charge in [-0.1, -0.05) is 5.21 Å². The van der Waals surface area contributed by atoms with Crippen LogP contribution in [0.2, 0.25) is 0 Å². The van der Waals surface area contributed by atoms with Gasteiger partial charge in [0.25, 0.3) is 0 Å². The van der Waals surface area contributed by atoms with E-state index in [0.717, 1.165) is 5.56 Å². The van der Waals surface area contributed by atoms with Crippen LogP contribution in [0.3, 0.4) is 0 Å². The highest BCUT2D eigenvalue weighted by Crippen LogP contribution is 2.36. The number of aryl methyl sites for hydroxylation is 1. The molecule has 0 N–H and O–H groups in total. The van der Waals surface area contributed by atoms with Gasteiger partial charge >= 0.3 is 0 Å². The SMILES string of the molecule is Cn1nnc(C=O)c1-c1ccc2c(c1)OCO2. The van der Waals surface area contributed by atoms with Crippen LogP contribution in [0.5, 0.6) is 11.5 Å². The van der Waals surface area contributed by atoms with Gasteiger partial charge in [-0.2, -0.15) is 0 Å². The van der Waals surface area contributed by atoms with E-state index in [2.05, 4.69) is 10.3 Å². The van der Waals surface area contributed by atoms with E-state index in [0.29, 0.717) is 29.2 Å². The zero-order valence-corrected chi connectivity index (χ0v) is 9.08. The summed E-state index contributed by atoms with van der Waals surface area (Å²) in [5.41, 5.74) is 1.80. The fourth-order valence-electron chi connectivity index (χ4n) is 1.83. The van der Waals surface area contributed by atoms with E-state index < -0.39 is 0 Å². The Hall–Kier alpha value is -2.37. The van der Waals surface area contributed by atoms with Crippen molar-refractivity contribution in [2.24, 2.45) is 7.05 Å². The van der Waals surface area contributed by atoms with Crippen LogP contribution in [0, 0.1) is 0 Å². The van der Waals surface area contributed by atoms with Crippen molar-refractivity contribution in [3.63, 3.8) is 0 Å². The van der Waals surface area contributed by atoms with Gasteiger partial charge in [-0.15, -0.1) is 5.10 Å². The van der Waals surface area contributed by atoms with Crippen molar-refractivity contribution in [2.45, 2.75) is 0 Å². The molecule has 0 atom stereocenters. The number of fused-ring (bicyclic) bond motifs is 1. The Bertz CT molecular complexity index is 592. The Morgan fingerprint density at radius 2 is 2.18 bits per heavy atom. The standard InChI is InChI=1S/C11H9N3O3/c1-14-11(8(5-15)12-13-14)7-2-3-9-10(4-7)17-6-16-9/h2-5H,6H2,1H3. The fraction of sp³-hybridized carbons (Fsp3) is 0.182. The Kier molecular flexibility index (Phi) is 2.07. The Labute approximate surface area is 96.8 Å². The van der Waals surface area contributed by atoms with Gasteiger partial charge in [-0.05, 0) is 18.2 Å². The highest BCUT2D eigenvalue weighted by atomic mass is 16.7. The Morgan fingerprint density at radius 3 is 3.00 bits per heavy atom. The van der Waals surface area contributed by atoms with Gasteiger partial charge in [0.05, 0.1) is 5.69 Å². The molecular formula is C11H9N3O3. The number of carbonyl (C=O) groups excluding carboxylic acids is 1. The molecule has 86 valence electrons. The van der Waals surface area contributed by atoms with Crippen molar-refractivity contribution in [2.75, 3.05) is 6.79 Å². The maximum atomic E-state index is 10.9. The second kappa shape index (κ2) is 3.58. The van der Waals surface area contributed by atoms with Crippen molar-refractivity contribution in [1.29, 1.82) is 0 Å². The van der Waals surface area contributed by atoms with Crippen LogP contribution in [0.1, 0.15) is 10.5 Å². The highest BCUT2D eigenvalue weighted by molar-refractivity contribution is 5.83. The molecule has 0 bridgehead atoms. The molecule has 3 rings (SSSR count). The molecule has 6 nitrogen and oxygen atoms in total. The summed E-state index contributed by atoms with van der Waals surface area (Å²) in [5.74, 6) is 1.37. The molecule has 0 aliphatic carbocycles. The molecule has 1 aliphatic rings. The monoisotopic (exact) mass is 231 g/mol.